The summed E-state index contributed by atoms with van der Waals surface area (Å²) in [5.74, 6) is -1.15. The first kappa shape index (κ1) is 16.7. The quantitative estimate of drug-likeness (QED) is 0.570. The molecule has 0 aromatic rings. The minimum atomic E-state index is -4.68. The van der Waals surface area contributed by atoms with Crippen molar-refractivity contribution in [3.8, 4) is 0 Å². The molecular weight excluding hydrogens is 358 g/mol. The molecule has 0 saturated heterocycles. The lowest BCUT2D eigenvalue weighted by atomic mass is 9.92. The first-order valence-electron chi connectivity index (χ1n) is 5.65. The highest BCUT2D eigenvalue weighted by Crippen LogP contribution is 2.37. The van der Waals surface area contributed by atoms with Gasteiger partial charge in [0.25, 0.3) is 10.1 Å². The highest BCUT2D eigenvalue weighted by Gasteiger charge is 2.48. The Morgan fingerprint density at radius 1 is 1.68 bits per heavy atom. The van der Waals surface area contributed by atoms with E-state index in [0.29, 0.717) is 5.57 Å². The Hall–Kier alpha value is -0.370. The molecule has 1 aliphatic rings. The van der Waals surface area contributed by atoms with Crippen molar-refractivity contribution in [2.75, 3.05) is 0 Å². The molecule has 0 fully saturated rings. The number of primary amides is 1. The number of carbonyl (C=O) groups is 1. The SMILES string of the molecule is CCCC(Br)C1=CCC(C(N)=O)(S(=O)(=O)O)C=C1Cl. The van der Waals surface area contributed by atoms with Gasteiger partial charge in [0, 0.05) is 16.3 Å². The average Bonchev–Trinajstić information content (AvgIpc) is 2.27. The summed E-state index contributed by atoms with van der Waals surface area (Å²) in [5, 5.41) is 0.109. The van der Waals surface area contributed by atoms with Gasteiger partial charge in [-0.1, -0.05) is 47.0 Å². The number of alkyl halides is 1. The minimum Gasteiger partial charge on any atom is -0.368 e. The van der Waals surface area contributed by atoms with Crippen LogP contribution in [0.1, 0.15) is 26.2 Å². The van der Waals surface area contributed by atoms with Gasteiger partial charge < -0.3 is 5.73 Å². The molecule has 0 heterocycles. The molecule has 1 rings (SSSR count). The van der Waals surface area contributed by atoms with Gasteiger partial charge in [-0.15, -0.1) is 0 Å². The molecule has 0 radical (unpaired) electrons. The zero-order valence-corrected chi connectivity index (χ0v) is 13.4. The van der Waals surface area contributed by atoms with Crippen LogP contribution in [0, 0.1) is 0 Å². The van der Waals surface area contributed by atoms with Crippen molar-refractivity contribution in [3.63, 3.8) is 0 Å². The van der Waals surface area contributed by atoms with Gasteiger partial charge in [-0.05, 0) is 18.1 Å². The van der Waals surface area contributed by atoms with Crippen molar-refractivity contribution in [1.29, 1.82) is 0 Å². The number of hydrogen-bond acceptors (Lipinski definition) is 3. The van der Waals surface area contributed by atoms with E-state index >= 15 is 0 Å². The van der Waals surface area contributed by atoms with Crippen molar-refractivity contribution in [3.05, 3.63) is 22.8 Å². The molecule has 0 aromatic heterocycles. The lowest BCUT2D eigenvalue weighted by Crippen LogP contribution is -2.49. The molecule has 2 unspecified atom stereocenters. The lowest BCUT2D eigenvalue weighted by molar-refractivity contribution is -0.119. The number of hydrogen-bond donors (Lipinski definition) is 2. The van der Waals surface area contributed by atoms with Crippen LogP contribution < -0.4 is 5.73 Å². The highest BCUT2D eigenvalue weighted by molar-refractivity contribution is 9.09. The summed E-state index contributed by atoms with van der Waals surface area (Å²) in [5.41, 5.74) is 5.81. The molecule has 0 bridgehead atoms. The minimum absolute atomic E-state index is 0.0338. The summed E-state index contributed by atoms with van der Waals surface area (Å²) in [6.45, 7) is 2.00. The Bertz CT molecular complexity index is 543. The van der Waals surface area contributed by atoms with Crippen LogP contribution in [-0.2, 0) is 14.9 Å². The number of carbonyl (C=O) groups excluding carboxylic acids is 1. The van der Waals surface area contributed by atoms with E-state index < -0.39 is 20.8 Å². The van der Waals surface area contributed by atoms with Gasteiger partial charge in [-0.2, -0.15) is 8.42 Å². The van der Waals surface area contributed by atoms with Crippen LogP contribution >= 0.6 is 27.5 Å². The number of halogens is 2. The molecule has 1 aliphatic carbocycles. The Labute approximate surface area is 125 Å². The molecule has 2 atom stereocenters. The van der Waals surface area contributed by atoms with Crippen LogP contribution in [0.25, 0.3) is 0 Å². The zero-order chi connectivity index (χ0) is 14.8. The topological polar surface area (TPSA) is 97.5 Å². The van der Waals surface area contributed by atoms with Gasteiger partial charge >= 0.3 is 0 Å². The summed E-state index contributed by atoms with van der Waals surface area (Å²) in [6.07, 6.45) is 4.04. The Morgan fingerprint density at radius 2 is 2.26 bits per heavy atom. The molecule has 8 heteroatoms. The Balaban J connectivity index is 3.21. The Kier molecular flexibility index (Phi) is 5.22. The molecule has 3 N–H and O–H groups in total. The van der Waals surface area contributed by atoms with Crippen molar-refractivity contribution in [1.82, 2.24) is 0 Å². The van der Waals surface area contributed by atoms with Crippen LogP contribution in [0.15, 0.2) is 22.8 Å². The fourth-order valence-electron chi connectivity index (χ4n) is 1.87. The second-order valence-electron chi connectivity index (χ2n) is 4.34. The van der Waals surface area contributed by atoms with Gasteiger partial charge in [0.05, 0.1) is 0 Å². The van der Waals surface area contributed by atoms with Gasteiger partial charge in [0.15, 0.2) is 4.75 Å². The fraction of sp³-hybridized carbons (Fsp3) is 0.545. The van der Waals surface area contributed by atoms with Crippen molar-refractivity contribution >= 4 is 43.6 Å². The summed E-state index contributed by atoms with van der Waals surface area (Å²) in [4.78, 5) is 11.4. The van der Waals surface area contributed by atoms with Crippen LogP contribution in [0.5, 0.6) is 0 Å². The van der Waals surface area contributed by atoms with Gasteiger partial charge in [-0.25, -0.2) is 0 Å². The summed E-state index contributed by atoms with van der Waals surface area (Å²) < 4.78 is 29.9. The molecular formula is C11H15BrClNO4S. The summed E-state index contributed by atoms with van der Waals surface area (Å²) in [7, 11) is -4.68. The second kappa shape index (κ2) is 5.95. The number of amides is 1. The third-order valence-electron chi connectivity index (χ3n) is 3.02. The summed E-state index contributed by atoms with van der Waals surface area (Å²) >= 11 is 9.47. The first-order chi connectivity index (χ1) is 8.65. The van der Waals surface area contributed by atoms with E-state index in [1.54, 1.807) is 0 Å². The van der Waals surface area contributed by atoms with Crippen LogP contribution in [-0.4, -0.2) is 28.5 Å². The van der Waals surface area contributed by atoms with E-state index in [2.05, 4.69) is 15.9 Å². The summed E-state index contributed by atoms with van der Waals surface area (Å²) in [6, 6.07) is 0. The maximum Gasteiger partial charge on any atom is 0.283 e. The van der Waals surface area contributed by atoms with E-state index in [1.807, 2.05) is 6.92 Å². The third-order valence-corrected chi connectivity index (χ3v) is 5.70. The van der Waals surface area contributed by atoms with E-state index in [9.17, 15) is 17.8 Å². The molecule has 5 nitrogen and oxygen atoms in total. The fourth-order valence-corrected chi connectivity index (χ4v) is 4.17. The molecule has 1 amide bonds. The first-order valence-corrected chi connectivity index (χ1v) is 8.39. The maximum absolute atomic E-state index is 11.4. The third kappa shape index (κ3) is 3.21. The highest BCUT2D eigenvalue weighted by atomic mass is 79.9. The largest absolute Gasteiger partial charge is 0.368 e. The van der Waals surface area contributed by atoms with Gasteiger partial charge in [-0.3, -0.25) is 9.35 Å². The lowest BCUT2D eigenvalue weighted by Gasteiger charge is -2.28. The zero-order valence-electron chi connectivity index (χ0n) is 10.3. The second-order valence-corrected chi connectivity index (χ2v) is 7.53. The van der Waals surface area contributed by atoms with Crippen molar-refractivity contribution in [2.45, 2.75) is 35.8 Å². The molecule has 0 saturated carbocycles. The van der Waals surface area contributed by atoms with E-state index in [0.717, 1.165) is 18.9 Å². The van der Waals surface area contributed by atoms with Crippen LogP contribution in [0.3, 0.4) is 0 Å². The predicted octanol–water partition coefficient (Wildman–Crippen LogP) is 2.11. The van der Waals surface area contributed by atoms with Gasteiger partial charge in [0.1, 0.15) is 0 Å². The molecule has 19 heavy (non-hydrogen) atoms. The van der Waals surface area contributed by atoms with E-state index in [-0.39, 0.29) is 16.3 Å². The monoisotopic (exact) mass is 371 g/mol. The van der Waals surface area contributed by atoms with E-state index in [4.69, 9.17) is 17.3 Å². The van der Waals surface area contributed by atoms with Crippen LogP contribution in [0.4, 0.5) is 0 Å². The average molecular weight is 373 g/mol. The molecule has 108 valence electrons. The van der Waals surface area contributed by atoms with E-state index in [1.165, 1.54) is 6.08 Å². The van der Waals surface area contributed by atoms with Gasteiger partial charge in [0.2, 0.25) is 5.91 Å². The maximum atomic E-state index is 11.4. The predicted molar refractivity (Wildman–Crippen MR) is 77.7 cm³/mol. The van der Waals surface area contributed by atoms with Crippen molar-refractivity contribution in [2.24, 2.45) is 5.73 Å². The number of nitrogens with two attached hydrogens (primary N) is 1. The number of rotatable bonds is 5. The molecule has 0 spiro atoms. The van der Waals surface area contributed by atoms with Crippen molar-refractivity contribution < 1.29 is 17.8 Å². The molecule has 0 aliphatic heterocycles. The Morgan fingerprint density at radius 3 is 2.63 bits per heavy atom. The smallest absolute Gasteiger partial charge is 0.283 e. The molecule has 0 aromatic carbocycles. The van der Waals surface area contributed by atoms with Crippen LogP contribution in [0.2, 0.25) is 0 Å². The number of allylic oxidation sites excluding steroid dienone is 3. The normalized spacial score (nSPS) is 25.5. The standard InChI is InChI=1S/C11H15BrClNO4S/c1-2-3-8(12)7-4-5-11(10(14)15,6-9(7)13)19(16,17)18/h4,6,8H,2-3,5H2,1H3,(H2,14,15)(H,16,17,18).